The van der Waals surface area contributed by atoms with Crippen LogP contribution in [0.5, 0.6) is 0 Å². The summed E-state index contributed by atoms with van der Waals surface area (Å²) in [4.78, 5) is 13.9. The molecule has 0 bridgehead atoms. The Labute approximate surface area is 124 Å². The number of benzene rings is 1. The first-order valence-electron chi connectivity index (χ1n) is 6.29. The molecule has 0 fully saturated rings. The highest BCUT2D eigenvalue weighted by Crippen LogP contribution is 2.23. The SMILES string of the molecule is CNCCN(C)C(=O)C(C)Cc1ccc(Cl)cc1Cl. The van der Waals surface area contributed by atoms with Crippen molar-refractivity contribution in [2.24, 2.45) is 5.92 Å². The molecule has 1 aromatic carbocycles. The molecule has 1 N–H and O–H groups in total. The van der Waals surface area contributed by atoms with Gasteiger partial charge in [0.25, 0.3) is 0 Å². The summed E-state index contributed by atoms with van der Waals surface area (Å²) in [6, 6.07) is 5.38. The first-order valence-corrected chi connectivity index (χ1v) is 7.04. The lowest BCUT2D eigenvalue weighted by molar-refractivity contribution is -0.133. The van der Waals surface area contributed by atoms with Crippen molar-refractivity contribution < 1.29 is 4.79 Å². The van der Waals surface area contributed by atoms with Crippen molar-refractivity contribution in [3.8, 4) is 0 Å². The van der Waals surface area contributed by atoms with Crippen LogP contribution in [-0.2, 0) is 11.2 Å². The Morgan fingerprint density at radius 1 is 1.42 bits per heavy atom. The second-order valence-electron chi connectivity index (χ2n) is 4.70. The predicted octanol–water partition coefficient (Wildman–Crippen LogP) is 2.85. The van der Waals surface area contributed by atoms with Crippen molar-refractivity contribution in [2.45, 2.75) is 13.3 Å². The molecule has 5 heteroatoms. The number of halogens is 2. The van der Waals surface area contributed by atoms with Crippen LogP contribution in [0.15, 0.2) is 18.2 Å². The van der Waals surface area contributed by atoms with E-state index in [4.69, 9.17) is 23.2 Å². The fraction of sp³-hybridized carbons (Fsp3) is 0.500. The van der Waals surface area contributed by atoms with Gasteiger partial charge < -0.3 is 10.2 Å². The van der Waals surface area contributed by atoms with Gasteiger partial charge in [-0.05, 0) is 31.2 Å². The topological polar surface area (TPSA) is 32.3 Å². The molecule has 1 amide bonds. The highest BCUT2D eigenvalue weighted by molar-refractivity contribution is 6.35. The Morgan fingerprint density at radius 2 is 2.11 bits per heavy atom. The largest absolute Gasteiger partial charge is 0.344 e. The summed E-state index contributed by atoms with van der Waals surface area (Å²) in [6.07, 6.45) is 0.624. The third-order valence-corrected chi connectivity index (χ3v) is 3.62. The van der Waals surface area contributed by atoms with Crippen LogP contribution >= 0.6 is 23.2 Å². The molecule has 19 heavy (non-hydrogen) atoms. The third-order valence-electron chi connectivity index (χ3n) is 3.04. The number of nitrogens with one attached hydrogen (secondary N) is 1. The molecule has 1 aromatic rings. The van der Waals surface area contributed by atoms with Crippen LogP contribution in [0.4, 0.5) is 0 Å². The van der Waals surface area contributed by atoms with Crippen molar-refractivity contribution in [1.82, 2.24) is 10.2 Å². The molecule has 106 valence electrons. The van der Waals surface area contributed by atoms with E-state index in [-0.39, 0.29) is 11.8 Å². The smallest absolute Gasteiger partial charge is 0.225 e. The molecule has 0 aliphatic heterocycles. The molecule has 0 heterocycles. The van der Waals surface area contributed by atoms with Crippen molar-refractivity contribution in [3.05, 3.63) is 33.8 Å². The second-order valence-corrected chi connectivity index (χ2v) is 5.55. The van der Waals surface area contributed by atoms with E-state index in [1.807, 2.05) is 27.1 Å². The van der Waals surface area contributed by atoms with E-state index in [1.54, 1.807) is 17.0 Å². The standard InChI is InChI=1S/C14H20Cl2N2O/c1-10(14(19)18(3)7-6-17-2)8-11-4-5-12(15)9-13(11)16/h4-5,9-10,17H,6-8H2,1-3H3. The van der Waals surface area contributed by atoms with Crippen LogP contribution in [0.2, 0.25) is 10.0 Å². The number of nitrogens with zero attached hydrogens (tertiary/aromatic N) is 1. The van der Waals surface area contributed by atoms with Crippen LogP contribution in [-0.4, -0.2) is 38.0 Å². The molecule has 1 atom stereocenters. The Hall–Kier alpha value is -0.770. The van der Waals surface area contributed by atoms with E-state index in [9.17, 15) is 4.79 Å². The molecule has 1 rings (SSSR count). The fourth-order valence-corrected chi connectivity index (χ4v) is 2.36. The Kier molecular flexibility index (Phi) is 6.63. The maximum absolute atomic E-state index is 12.2. The molecular formula is C14H20Cl2N2O. The summed E-state index contributed by atoms with van der Waals surface area (Å²) in [5.74, 6) is 0.0294. The number of carbonyl (C=O) groups excluding carboxylic acids is 1. The summed E-state index contributed by atoms with van der Waals surface area (Å²) in [6.45, 7) is 3.41. The normalized spacial score (nSPS) is 12.3. The van der Waals surface area contributed by atoms with Crippen LogP contribution in [0.25, 0.3) is 0 Å². The van der Waals surface area contributed by atoms with Gasteiger partial charge in [0.15, 0.2) is 0 Å². The zero-order chi connectivity index (χ0) is 14.4. The summed E-state index contributed by atoms with van der Waals surface area (Å²) in [5.41, 5.74) is 0.953. The molecule has 0 saturated carbocycles. The number of amides is 1. The maximum atomic E-state index is 12.2. The van der Waals surface area contributed by atoms with Crippen molar-refractivity contribution in [2.75, 3.05) is 27.2 Å². The first kappa shape index (κ1) is 16.3. The number of rotatable bonds is 6. The molecule has 0 saturated heterocycles. The fourth-order valence-electron chi connectivity index (χ4n) is 1.87. The Morgan fingerprint density at radius 3 is 2.68 bits per heavy atom. The van der Waals surface area contributed by atoms with Crippen LogP contribution in [0, 0.1) is 5.92 Å². The van der Waals surface area contributed by atoms with E-state index in [2.05, 4.69) is 5.32 Å². The van der Waals surface area contributed by atoms with Crippen molar-refractivity contribution >= 4 is 29.1 Å². The first-order chi connectivity index (χ1) is 8.95. The van der Waals surface area contributed by atoms with Crippen LogP contribution in [0.1, 0.15) is 12.5 Å². The van der Waals surface area contributed by atoms with E-state index in [1.165, 1.54) is 0 Å². The minimum Gasteiger partial charge on any atom is -0.344 e. The zero-order valence-corrected chi connectivity index (χ0v) is 13.1. The highest BCUT2D eigenvalue weighted by atomic mass is 35.5. The highest BCUT2D eigenvalue weighted by Gasteiger charge is 2.18. The number of carbonyl (C=O) groups is 1. The maximum Gasteiger partial charge on any atom is 0.225 e. The van der Waals surface area contributed by atoms with Crippen molar-refractivity contribution in [1.29, 1.82) is 0 Å². The summed E-state index contributed by atoms with van der Waals surface area (Å²) >= 11 is 12.0. The zero-order valence-electron chi connectivity index (χ0n) is 11.5. The molecule has 0 spiro atoms. The molecule has 3 nitrogen and oxygen atoms in total. The summed E-state index contributed by atoms with van der Waals surface area (Å²) in [7, 11) is 3.69. The van der Waals surface area contributed by atoms with Gasteiger partial charge in [-0.15, -0.1) is 0 Å². The lowest BCUT2D eigenvalue weighted by Crippen LogP contribution is -2.36. The lowest BCUT2D eigenvalue weighted by Gasteiger charge is -2.21. The number of hydrogen-bond acceptors (Lipinski definition) is 2. The van der Waals surface area contributed by atoms with E-state index in [0.717, 1.165) is 12.1 Å². The van der Waals surface area contributed by atoms with Gasteiger partial charge in [-0.25, -0.2) is 0 Å². The molecule has 0 aliphatic carbocycles. The van der Waals surface area contributed by atoms with Gasteiger partial charge >= 0.3 is 0 Å². The van der Waals surface area contributed by atoms with Gasteiger partial charge in [-0.1, -0.05) is 36.2 Å². The average molecular weight is 303 g/mol. The summed E-state index contributed by atoms with van der Waals surface area (Å²) < 4.78 is 0. The summed E-state index contributed by atoms with van der Waals surface area (Å²) in [5, 5.41) is 4.25. The Bertz CT molecular complexity index is 437. The molecule has 0 aromatic heterocycles. The van der Waals surface area contributed by atoms with Gasteiger partial charge in [0.2, 0.25) is 5.91 Å². The van der Waals surface area contributed by atoms with Crippen molar-refractivity contribution in [3.63, 3.8) is 0 Å². The van der Waals surface area contributed by atoms with Crippen LogP contribution < -0.4 is 5.32 Å². The second kappa shape index (κ2) is 7.73. The van der Waals surface area contributed by atoms with Crippen LogP contribution in [0.3, 0.4) is 0 Å². The van der Waals surface area contributed by atoms with Gasteiger partial charge in [-0.2, -0.15) is 0 Å². The molecule has 0 radical (unpaired) electrons. The monoisotopic (exact) mass is 302 g/mol. The molecule has 1 unspecified atom stereocenters. The third kappa shape index (κ3) is 5.01. The number of likely N-dealkylation sites (N-methyl/N-ethyl adjacent to an activating group) is 2. The lowest BCUT2D eigenvalue weighted by atomic mass is 10.00. The average Bonchev–Trinajstić information content (AvgIpc) is 2.38. The molecule has 0 aliphatic rings. The number of hydrogen-bond donors (Lipinski definition) is 1. The van der Waals surface area contributed by atoms with Gasteiger partial charge in [0, 0.05) is 36.1 Å². The Balaban J connectivity index is 2.63. The van der Waals surface area contributed by atoms with Gasteiger partial charge in [-0.3, -0.25) is 4.79 Å². The predicted molar refractivity (Wildman–Crippen MR) is 80.9 cm³/mol. The van der Waals surface area contributed by atoms with E-state index < -0.39 is 0 Å². The minimum absolute atomic E-state index is 0.0967. The quantitative estimate of drug-likeness (QED) is 0.876. The minimum atomic E-state index is -0.0967. The molecular weight excluding hydrogens is 283 g/mol. The van der Waals surface area contributed by atoms with E-state index in [0.29, 0.717) is 23.0 Å². The van der Waals surface area contributed by atoms with E-state index >= 15 is 0 Å². The van der Waals surface area contributed by atoms with Gasteiger partial charge in [0.05, 0.1) is 0 Å². The van der Waals surface area contributed by atoms with Gasteiger partial charge in [0.1, 0.15) is 0 Å².